The van der Waals surface area contributed by atoms with Crippen molar-refractivity contribution < 1.29 is 32.3 Å². The highest BCUT2D eigenvalue weighted by Crippen LogP contribution is 2.43. The number of benzene rings is 1. The molecule has 0 aliphatic heterocycles. The zero-order valence-corrected chi connectivity index (χ0v) is 12.9. The van der Waals surface area contributed by atoms with Crippen molar-refractivity contribution in [1.82, 2.24) is 5.32 Å². The molecule has 1 aliphatic carbocycles. The van der Waals surface area contributed by atoms with Crippen LogP contribution in [0.1, 0.15) is 51.5 Å². The quantitative estimate of drug-likeness (QED) is 0.876. The molecule has 1 aromatic heterocycles. The molecule has 3 rings (SSSR count). The fourth-order valence-corrected chi connectivity index (χ4v) is 2.86. The number of aromatic carboxylic acids is 1. The second kappa shape index (κ2) is 5.94. The maximum atomic E-state index is 12.9. The van der Waals surface area contributed by atoms with Gasteiger partial charge in [0.2, 0.25) is 5.76 Å². The minimum atomic E-state index is -4.47. The summed E-state index contributed by atoms with van der Waals surface area (Å²) in [6.07, 6.45) is -2.73. The van der Waals surface area contributed by atoms with Gasteiger partial charge in [0.1, 0.15) is 0 Å². The normalized spacial score (nSPS) is 16.1. The van der Waals surface area contributed by atoms with Gasteiger partial charge in [-0.2, -0.15) is 13.2 Å². The van der Waals surface area contributed by atoms with Crippen LogP contribution in [-0.4, -0.2) is 17.0 Å². The van der Waals surface area contributed by atoms with Gasteiger partial charge in [0.25, 0.3) is 5.91 Å². The Morgan fingerprint density at radius 2 is 1.80 bits per heavy atom. The van der Waals surface area contributed by atoms with Gasteiger partial charge in [0.15, 0.2) is 5.76 Å². The Balaban J connectivity index is 1.86. The lowest BCUT2D eigenvalue weighted by molar-refractivity contribution is -0.137. The topological polar surface area (TPSA) is 79.5 Å². The summed E-state index contributed by atoms with van der Waals surface area (Å²) in [4.78, 5) is 23.1. The molecule has 1 amide bonds. The van der Waals surface area contributed by atoms with E-state index in [9.17, 15) is 22.8 Å². The summed E-state index contributed by atoms with van der Waals surface area (Å²) < 4.78 is 43.7. The van der Waals surface area contributed by atoms with Crippen LogP contribution < -0.4 is 5.32 Å². The second-order valence-electron chi connectivity index (χ2n) is 5.94. The molecule has 25 heavy (non-hydrogen) atoms. The number of halogens is 3. The number of nitrogens with one attached hydrogen (secondary N) is 1. The van der Waals surface area contributed by atoms with Crippen molar-refractivity contribution >= 4 is 11.9 Å². The summed E-state index contributed by atoms with van der Waals surface area (Å²) in [6, 6.07) is 7.22. The Hall–Kier alpha value is -2.77. The zero-order valence-electron chi connectivity index (χ0n) is 12.9. The number of carbonyl (C=O) groups excluding carboxylic acids is 1. The first-order valence-corrected chi connectivity index (χ1v) is 7.55. The molecule has 2 N–H and O–H groups in total. The third kappa shape index (κ3) is 3.24. The fourth-order valence-electron chi connectivity index (χ4n) is 2.86. The van der Waals surface area contributed by atoms with E-state index < -0.39 is 29.2 Å². The minimum Gasteiger partial charge on any atom is -0.475 e. The second-order valence-corrected chi connectivity index (χ2v) is 5.94. The van der Waals surface area contributed by atoms with Crippen LogP contribution in [0.2, 0.25) is 0 Å². The van der Waals surface area contributed by atoms with Crippen LogP contribution in [-0.2, 0) is 11.7 Å². The van der Waals surface area contributed by atoms with Crippen molar-refractivity contribution in [3.05, 3.63) is 59.0 Å². The number of carboxylic acid groups (broad SMARTS) is 1. The molecule has 1 aliphatic rings. The third-order valence-electron chi connectivity index (χ3n) is 4.34. The van der Waals surface area contributed by atoms with Gasteiger partial charge in [0.05, 0.1) is 11.1 Å². The van der Waals surface area contributed by atoms with E-state index in [1.807, 2.05) is 0 Å². The van der Waals surface area contributed by atoms with E-state index >= 15 is 0 Å². The van der Waals surface area contributed by atoms with Crippen molar-refractivity contribution in [2.75, 3.05) is 0 Å². The molecule has 132 valence electrons. The molecular weight excluding hydrogens is 339 g/mol. The van der Waals surface area contributed by atoms with Gasteiger partial charge in [-0.15, -0.1) is 0 Å². The van der Waals surface area contributed by atoms with Crippen LogP contribution in [0.25, 0.3) is 0 Å². The van der Waals surface area contributed by atoms with E-state index in [0.717, 1.165) is 24.6 Å². The van der Waals surface area contributed by atoms with Crippen LogP contribution in [0.4, 0.5) is 13.2 Å². The largest absolute Gasteiger partial charge is 0.475 e. The average molecular weight is 353 g/mol. The van der Waals surface area contributed by atoms with E-state index in [4.69, 9.17) is 9.52 Å². The summed E-state index contributed by atoms with van der Waals surface area (Å²) >= 11 is 0. The number of carboxylic acids is 1. The van der Waals surface area contributed by atoms with Gasteiger partial charge in [-0.25, -0.2) is 4.79 Å². The average Bonchev–Trinajstić information content (AvgIpc) is 3.00. The lowest BCUT2D eigenvalue weighted by Crippen LogP contribution is -2.50. The number of rotatable bonds is 4. The molecule has 1 fully saturated rings. The van der Waals surface area contributed by atoms with Crippen LogP contribution >= 0.6 is 0 Å². The van der Waals surface area contributed by atoms with Crippen LogP contribution in [0.5, 0.6) is 0 Å². The summed E-state index contributed by atoms with van der Waals surface area (Å²) in [7, 11) is 0. The predicted molar refractivity (Wildman–Crippen MR) is 80.1 cm³/mol. The van der Waals surface area contributed by atoms with Gasteiger partial charge < -0.3 is 14.8 Å². The van der Waals surface area contributed by atoms with Crippen molar-refractivity contribution in [3.63, 3.8) is 0 Å². The third-order valence-corrected chi connectivity index (χ3v) is 4.34. The molecule has 1 heterocycles. The lowest BCUT2D eigenvalue weighted by Gasteiger charge is -2.43. The SMILES string of the molecule is O=C(O)c1ccc(C(=O)NC2(c3cccc(C(F)(F)F)c3)CCC2)o1. The predicted octanol–water partition coefficient (Wildman–Crippen LogP) is 3.81. The van der Waals surface area contributed by atoms with E-state index in [2.05, 4.69) is 5.32 Å². The van der Waals surface area contributed by atoms with E-state index in [0.29, 0.717) is 18.4 Å². The summed E-state index contributed by atoms with van der Waals surface area (Å²) in [5.74, 6) is -2.55. The monoisotopic (exact) mass is 353 g/mol. The van der Waals surface area contributed by atoms with Crippen LogP contribution in [0.3, 0.4) is 0 Å². The molecule has 0 atom stereocenters. The van der Waals surface area contributed by atoms with Gasteiger partial charge in [0, 0.05) is 0 Å². The molecule has 0 saturated heterocycles. The molecule has 1 saturated carbocycles. The standard InChI is InChI=1S/C17H14F3NO4/c18-17(19,20)11-4-1-3-10(9-11)16(7-2-8-16)21-14(22)12-5-6-13(25-12)15(23)24/h1,3-6,9H,2,7-8H2,(H,21,22)(H,23,24). The van der Waals surface area contributed by atoms with E-state index in [1.165, 1.54) is 12.1 Å². The summed E-state index contributed by atoms with van der Waals surface area (Å²) in [6.45, 7) is 0. The molecule has 2 aromatic rings. The van der Waals surface area contributed by atoms with Crippen molar-refractivity contribution in [2.45, 2.75) is 31.0 Å². The minimum absolute atomic E-state index is 0.198. The molecule has 0 unspecified atom stereocenters. The van der Waals surface area contributed by atoms with Gasteiger partial charge >= 0.3 is 12.1 Å². The van der Waals surface area contributed by atoms with Crippen molar-refractivity contribution in [2.24, 2.45) is 0 Å². The molecule has 0 spiro atoms. The van der Waals surface area contributed by atoms with Crippen molar-refractivity contribution in [1.29, 1.82) is 0 Å². The first kappa shape index (κ1) is 17.1. The van der Waals surface area contributed by atoms with Gasteiger partial charge in [-0.1, -0.05) is 12.1 Å². The van der Waals surface area contributed by atoms with Gasteiger partial charge in [-0.3, -0.25) is 4.79 Å². The maximum Gasteiger partial charge on any atom is 0.416 e. The molecule has 8 heteroatoms. The molecule has 0 radical (unpaired) electrons. The highest BCUT2D eigenvalue weighted by molar-refractivity contribution is 5.94. The number of carbonyl (C=O) groups is 2. The zero-order chi connectivity index (χ0) is 18.2. The number of hydrogen-bond acceptors (Lipinski definition) is 3. The Morgan fingerprint density at radius 3 is 2.32 bits per heavy atom. The molecular formula is C17H14F3NO4. The first-order valence-electron chi connectivity index (χ1n) is 7.55. The Morgan fingerprint density at radius 1 is 1.12 bits per heavy atom. The Labute approximate surface area is 140 Å². The summed E-state index contributed by atoms with van der Waals surface area (Å²) in [5.41, 5.74) is -1.32. The molecule has 0 bridgehead atoms. The number of amides is 1. The van der Waals surface area contributed by atoms with E-state index in [1.54, 1.807) is 6.07 Å². The highest BCUT2D eigenvalue weighted by Gasteiger charge is 2.42. The van der Waals surface area contributed by atoms with E-state index in [-0.39, 0.29) is 11.5 Å². The fraction of sp³-hybridized carbons (Fsp3) is 0.294. The smallest absolute Gasteiger partial charge is 0.416 e. The first-order chi connectivity index (χ1) is 11.7. The van der Waals surface area contributed by atoms with Crippen LogP contribution in [0.15, 0.2) is 40.8 Å². The summed E-state index contributed by atoms with van der Waals surface area (Å²) in [5, 5.41) is 11.5. The van der Waals surface area contributed by atoms with Crippen LogP contribution in [0, 0.1) is 0 Å². The number of furan rings is 1. The number of alkyl halides is 3. The van der Waals surface area contributed by atoms with Crippen molar-refractivity contribution in [3.8, 4) is 0 Å². The maximum absolute atomic E-state index is 12.9. The molecule has 1 aromatic carbocycles. The Bertz CT molecular complexity index is 821. The molecule has 5 nitrogen and oxygen atoms in total. The van der Waals surface area contributed by atoms with Gasteiger partial charge in [-0.05, 0) is 49.1 Å². The number of hydrogen-bond donors (Lipinski definition) is 2. The highest BCUT2D eigenvalue weighted by atomic mass is 19.4. The Kier molecular flexibility index (Phi) is 4.06. The lowest BCUT2D eigenvalue weighted by atomic mass is 9.71.